The van der Waals surface area contributed by atoms with E-state index in [-0.39, 0.29) is 12.0 Å². The van der Waals surface area contributed by atoms with E-state index in [1.807, 2.05) is 48.5 Å². The van der Waals surface area contributed by atoms with Gasteiger partial charge in [0.1, 0.15) is 17.0 Å². The van der Waals surface area contributed by atoms with Gasteiger partial charge in [0, 0.05) is 0 Å². The van der Waals surface area contributed by atoms with Crippen molar-refractivity contribution in [1.82, 2.24) is 19.9 Å². The Morgan fingerprint density at radius 1 is 0.897 bits per heavy atom. The molecule has 0 aliphatic carbocycles. The number of ether oxygens (including phenoxy) is 2. The Bertz CT molecular complexity index is 1050. The fourth-order valence-corrected chi connectivity index (χ4v) is 3.09. The fourth-order valence-electron chi connectivity index (χ4n) is 3.09. The first-order chi connectivity index (χ1) is 14.2. The molecule has 29 heavy (non-hydrogen) atoms. The van der Waals surface area contributed by atoms with Crippen LogP contribution >= 0.6 is 0 Å². The molecule has 148 valence electrons. The number of rotatable bonds is 7. The number of anilines is 2. The molecule has 0 unspecified atom stereocenters. The maximum Gasteiger partial charge on any atom is 0.241 e. The van der Waals surface area contributed by atoms with Gasteiger partial charge in [-0.05, 0) is 35.4 Å². The van der Waals surface area contributed by atoms with Crippen LogP contribution < -0.4 is 26.1 Å². The van der Waals surface area contributed by atoms with Crippen molar-refractivity contribution >= 4 is 22.9 Å². The fraction of sp³-hybridized carbons (Fsp3) is 0.150. The molecule has 0 fully saturated rings. The third kappa shape index (κ3) is 3.76. The van der Waals surface area contributed by atoms with Crippen LogP contribution in [0.5, 0.6) is 11.5 Å². The number of nitrogens with zero attached hydrogens (tertiary/aromatic N) is 3. The molecule has 4 rings (SSSR count). The van der Waals surface area contributed by atoms with E-state index >= 15 is 0 Å². The van der Waals surface area contributed by atoms with Gasteiger partial charge >= 0.3 is 0 Å². The molecule has 9 nitrogen and oxygen atoms in total. The molecule has 5 N–H and O–H groups in total. The van der Waals surface area contributed by atoms with E-state index < -0.39 is 0 Å². The van der Waals surface area contributed by atoms with Crippen molar-refractivity contribution in [3.05, 3.63) is 66.0 Å². The lowest BCUT2D eigenvalue weighted by Crippen LogP contribution is -2.16. The highest BCUT2D eigenvalue weighted by Gasteiger charge is 2.18. The highest BCUT2D eigenvalue weighted by Crippen LogP contribution is 2.31. The van der Waals surface area contributed by atoms with Gasteiger partial charge in [-0.1, -0.05) is 24.3 Å². The third-order valence-electron chi connectivity index (χ3n) is 4.59. The number of nitrogens with one attached hydrogen (secondary N) is 3. The first-order valence-corrected chi connectivity index (χ1v) is 8.94. The molecule has 0 saturated carbocycles. The number of H-pyrrole nitrogens is 1. The standard InChI is InChI=1S/C20H21N7O2/c1-28-14-7-3-12(4-8-14)16(13-5-9-15(29-2)10-6-13)24-19-17-18(23-11-22-17)25-20(26-19)27-21/h3-11,16H,21H2,1-2H3,(H3,22,23,24,25,26,27). The summed E-state index contributed by atoms with van der Waals surface area (Å²) in [6.07, 6.45) is 1.57. The summed E-state index contributed by atoms with van der Waals surface area (Å²) >= 11 is 0. The molecular formula is C20H21N7O2. The summed E-state index contributed by atoms with van der Waals surface area (Å²) in [5, 5.41) is 3.49. The molecule has 0 atom stereocenters. The van der Waals surface area contributed by atoms with Gasteiger partial charge in [-0.15, -0.1) is 0 Å². The minimum atomic E-state index is -0.196. The highest BCUT2D eigenvalue weighted by atomic mass is 16.5. The van der Waals surface area contributed by atoms with E-state index in [9.17, 15) is 0 Å². The molecule has 0 bridgehead atoms. The van der Waals surface area contributed by atoms with Gasteiger partial charge in [-0.2, -0.15) is 9.97 Å². The summed E-state index contributed by atoms with van der Waals surface area (Å²) < 4.78 is 10.6. The van der Waals surface area contributed by atoms with Crippen LogP contribution in [0.4, 0.5) is 11.8 Å². The van der Waals surface area contributed by atoms with E-state index in [0.29, 0.717) is 17.0 Å². The van der Waals surface area contributed by atoms with Gasteiger partial charge in [0.15, 0.2) is 11.5 Å². The number of methoxy groups -OCH3 is 2. The molecule has 0 spiro atoms. The number of hydrogen-bond donors (Lipinski definition) is 4. The lowest BCUT2D eigenvalue weighted by molar-refractivity contribution is 0.414. The Labute approximate surface area is 167 Å². The van der Waals surface area contributed by atoms with Crippen LogP contribution in [0.25, 0.3) is 11.2 Å². The maximum atomic E-state index is 5.53. The van der Waals surface area contributed by atoms with Crippen LogP contribution in [0.2, 0.25) is 0 Å². The minimum absolute atomic E-state index is 0.196. The Balaban J connectivity index is 1.78. The molecule has 4 aromatic rings. The van der Waals surface area contributed by atoms with E-state index in [0.717, 1.165) is 22.6 Å². The largest absolute Gasteiger partial charge is 0.497 e. The monoisotopic (exact) mass is 391 g/mol. The van der Waals surface area contributed by atoms with Gasteiger partial charge < -0.3 is 19.8 Å². The number of benzene rings is 2. The van der Waals surface area contributed by atoms with Crippen LogP contribution in [0, 0.1) is 0 Å². The van der Waals surface area contributed by atoms with Crippen LogP contribution in [0.3, 0.4) is 0 Å². The third-order valence-corrected chi connectivity index (χ3v) is 4.59. The highest BCUT2D eigenvalue weighted by molar-refractivity contribution is 5.84. The smallest absolute Gasteiger partial charge is 0.241 e. The summed E-state index contributed by atoms with van der Waals surface area (Å²) in [7, 11) is 3.29. The van der Waals surface area contributed by atoms with Gasteiger partial charge in [0.05, 0.1) is 26.6 Å². The normalized spacial score (nSPS) is 10.9. The zero-order valence-electron chi connectivity index (χ0n) is 16.0. The van der Waals surface area contributed by atoms with Crippen molar-refractivity contribution in [3.63, 3.8) is 0 Å². The van der Waals surface area contributed by atoms with Crippen molar-refractivity contribution < 1.29 is 9.47 Å². The SMILES string of the molecule is COc1ccc(C(Nc2nc(NN)nc3nc[nH]c23)c2ccc(OC)cc2)cc1. The van der Waals surface area contributed by atoms with Crippen LogP contribution in [0.1, 0.15) is 17.2 Å². The molecule has 0 amide bonds. The zero-order chi connectivity index (χ0) is 20.2. The molecule has 0 radical (unpaired) electrons. The average Bonchev–Trinajstić information content (AvgIpc) is 3.26. The van der Waals surface area contributed by atoms with Crippen molar-refractivity contribution in [2.45, 2.75) is 6.04 Å². The van der Waals surface area contributed by atoms with Crippen molar-refractivity contribution in [1.29, 1.82) is 0 Å². The summed E-state index contributed by atoms with van der Waals surface area (Å²) in [5.74, 6) is 7.95. The summed E-state index contributed by atoms with van der Waals surface area (Å²) in [6.45, 7) is 0. The number of aromatic amines is 1. The average molecular weight is 391 g/mol. The van der Waals surface area contributed by atoms with Crippen molar-refractivity contribution in [2.75, 3.05) is 25.0 Å². The molecule has 0 saturated heterocycles. The Morgan fingerprint density at radius 3 is 2.00 bits per heavy atom. The van der Waals surface area contributed by atoms with Crippen LogP contribution in [-0.4, -0.2) is 34.2 Å². The topological polar surface area (TPSA) is 123 Å². The predicted molar refractivity (Wildman–Crippen MR) is 111 cm³/mol. The van der Waals surface area contributed by atoms with Crippen LogP contribution in [-0.2, 0) is 0 Å². The zero-order valence-corrected chi connectivity index (χ0v) is 16.0. The van der Waals surface area contributed by atoms with Gasteiger partial charge in [-0.25, -0.2) is 10.8 Å². The number of hydrogen-bond acceptors (Lipinski definition) is 8. The molecule has 2 aromatic carbocycles. The Morgan fingerprint density at radius 2 is 1.48 bits per heavy atom. The minimum Gasteiger partial charge on any atom is -0.497 e. The molecule has 0 aliphatic heterocycles. The lowest BCUT2D eigenvalue weighted by atomic mass is 9.98. The predicted octanol–water partition coefficient (Wildman–Crippen LogP) is 2.86. The van der Waals surface area contributed by atoms with E-state index in [1.165, 1.54) is 0 Å². The summed E-state index contributed by atoms with van der Waals surface area (Å²) in [6, 6.07) is 15.5. The Hall–Kier alpha value is -3.85. The quantitative estimate of drug-likeness (QED) is 0.280. The second-order valence-electron chi connectivity index (χ2n) is 6.26. The lowest BCUT2D eigenvalue weighted by Gasteiger charge is -2.21. The van der Waals surface area contributed by atoms with E-state index in [1.54, 1.807) is 20.5 Å². The van der Waals surface area contributed by atoms with Crippen molar-refractivity contribution in [3.8, 4) is 11.5 Å². The number of nitrogen functional groups attached to an aromatic ring is 1. The number of nitrogens with two attached hydrogens (primary N) is 1. The molecular weight excluding hydrogens is 370 g/mol. The van der Waals surface area contributed by atoms with E-state index in [2.05, 4.69) is 30.7 Å². The second kappa shape index (κ2) is 8.03. The van der Waals surface area contributed by atoms with Crippen molar-refractivity contribution in [2.24, 2.45) is 5.84 Å². The molecule has 2 heterocycles. The molecule has 0 aliphatic rings. The number of aromatic nitrogens is 4. The first kappa shape index (κ1) is 18.5. The van der Waals surface area contributed by atoms with Gasteiger partial charge in [-0.3, -0.25) is 5.43 Å². The summed E-state index contributed by atoms with van der Waals surface area (Å²) in [4.78, 5) is 16.0. The number of imidazole rings is 1. The van der Waals surface area contributed by atoms with Gasteiger partial charge in [0.2, 0.25) is 5.95 Å². The Kier molecular flexibility index (Phi) is 5.12. The number of fused-ring (bicyclic) bond motifs is 1. The van der Waals surface area contributed by atoms with Gasteiger partial charge in [0.25, 0.3) is 0 Å². The maximum absolute atomic E-state index is 5.53. The van der Waals surface area contributed by atoms with E-state index in [4.69, 9.17) is 15.3 Å². The number of hydrazine groups is 1. The second-order valence-corrected chi connectivity index (χ2v) is 6.26. The molecule has 9 heteroatoms. The first-order valence-electron chi connectivity index (χ1n) is 8.94. The van der Waals surface area contributed by atoms with Crippen LogP contribution in [0.15, 0.2) is 54.9 Å². The molecule has 2 aromatic heterocycles. The summed E-state index contributed by atoms with van der Waals surface area (Å²) in [5.41, 5.74) is 5.75.